The molecule has 0 saturated carbocycles. The summed E-state index contributed by atoms with van der Waals surface area (Å²) >= 11 is 0. The highest BCUT2D eigenvalue weighted by Crippen LogP contribution is 2.27. The van der Waals surface area contributed by atoms with Crippen molar-refractivity contribution >= 4 is 11.0 Å². The second-order valence-corrected chi connectivity index (χ2v) is 4.95. The number of benzene rings is 1. The number of hydrogen-bond acceptors (Lipinski definition) is 3. The molecule has 6 heteroatoms. The summed E-state index contributed by atoms with van der Waals surface area (Å²) in [6, 6.07) is 7.51. The van der Waals surface area contributed by atoms with Crippen molar-refractivity contribution in [1.29, 1.82) is 0 Å². The summed E-state index contributed by atoms with van der Waals surface area (Å²) in [5.74, 6) is 0.594. The zero-order valence-electron chi connectivity index (χ0n) is 12.1. The van der Waals surface area contributed by atoms with Gasteiger partial charge in [-0.2, -0.15) is 13.2 Å². The van der Waals surface area contributed by atoms with Crippen LogP contribution in [0.3, 0.4) is 0 Å². The van der Waals surface area contributed by atoms with Crippen LogP contribution in [0.5, 0.6) is 0 Å². The first-order valence-electron chi connectivity index (χ1n) is 6.87. The van der Waals surface area contributed by atoms with Crippen molar-refractivity contribution in [2.45, 2.75) is 26.2 Å². The van der Waals surface area contributed by atoms with Crippen molar-refractivity contribution in [3.05, 3.63) is 35.6 Å². The topological polar surface area (TPSA) is 28.4 Å². The molecular formula is C15H19F3N2O. The van der Waals surface area contributed by atoms with Crippen LogP contribution in [0.1, 0.15) is 18.2 Å². The van der Waals surface area contributed by atoms with Crippen LogP contribution >= 0.6 is 0 Å². The van der Waals surface area contributed by atoms with Gasteiger partial charge in [-0.3, -0.25) is 4.90 Å². The van der Waals surface area contributed by atoms with E-state index in [1.165, 1.54) is 4.90 Å². The van der Waals surface area contributed by atoms with E-state index in [-0.39, 0.29) is 6.54 Å². The molecule has 21 heavy (non-hydrogen) atoms. The third-order valence-corrected chi connectivity index (χ3v) is 3.35. The van der Waals surface area contributed by atoms with E-state index in [0.29, 0.717) is 24.4 Å². The summed E-state index contributed by atoms with van der Waals surface area (Å²) < 4.78 is 43.4. The van der Waals surface area contributed by atoms with Crippen molar-refractivity contribution in [2.75, 3.05) is 20.1 Å². The molecule has 1 N–H and O–H groups in total. The minimum absolute atomic E-state index is 0.154. The summed E-state index contributed by atoms with van der Waals surface area (Å²) in [5, 5.41) is 3.99. The van der Waals surface area contributed by atoms with Crippen LogP contribution in [0.4, 0.5) is 13.2 Å². The highest BCUT2D eigenvalue weighted by molar-refractivity contribution is 5.82. The smallest absolute Gasteiger partial charge is 0.401 e. The van der Waals surface area contributed by atoms with Gasteiger partial charge in [-0.25, -0.2) is 0 Å². The Kier molecular flexibility index (Phi) is 4.90. The Morgan fingerprint density at radius 3 is 2.57 bits per heavy atom. The third-order valence-electron chi connectivity index (χ3n) is 3.35. The largest absolute Gasteiger partial charge is 0.459 e. The van der Waals surface area contributed by atoms with Gasteiger partial charge in [0.2, 0.25) is 0 Å². The maximum absolute atomic E-state index is 12.6. The molecule has 116 valence electrons. The zero-order valence-corrected chi connectivity index (χ0v) is 12.1. The Morgan fingerprint density at radius 1 is 1.24 bits per heavy atom. The Morgan fingerprint density at radius 2 is 1.95 bits per heavy atom. The second kappa shape index (κ2) is 6.49. The monoisotopic (exact) mass is 300 g/mol. The molecule has 3 nitrogen and oxygen atoms in total. The van der Waals surface area contributed by atoms with Gasteiger partial charge in [0.1, 0.15) is 11.3 Å². The molecule has 0 aliphatic carbocycles. The van der Waals surface area contributed by atoms with E-state index in [1.54, 1.807) is 14.0 Å². The second-order valence-electron chi connectivity index (χ2n) is 4.95. The van der Waals surface area contributed by atoms with Crippen LogP contribution < -0.4 is 5.32 Å². The molecule has 0 fully saturated rings. The summed E-state index contributed by atoms with van der Waals surface area (Å²) in [6.07, 6.45) is -4.20. The van der Waals surface area contributed by atoms with E-state index in [0.717, 1.165) is 10.9 Å². The summed E-state index contributed by atoms with van der Waals surface area (Å²) in [5.41, 5.74) is 1.63. The molecule has 0 aliphatic rings. The molecule has 1 heterocycles. The van der Waals surface area contributed by atoms with E-state index in [1.807, 2.05) is 24.3 Å². The number of nitrogens with one attached hydrogen (secondary N) is 1. The molecule has 0 aliphatic heterocycles. The Labute approximate surface area is 121 Å². The summed E-state index contributed by atoms with van der Waals surface area (Å²) in [7, 11) is 1.80. The highest BCUT2D eigenvalue weighted by Gasteiger charge is 2.31. The Balaban J connectivity index is 2.29. The van der Waals surface area contributed by atoms with Crippen LogP contribution in [-0.2, 0) is 13.1 Å². The van der Waals surface area contributed by atoms with E-state index < -0.39 is 12.7 Å². The van der Waals surface area contributed by atoms with Crippen LogP contribution in [0.2, 0.25) is 0 Å². The minimum atomic E-state index is -4.20. The number of nitrogens with zero attached hydrogens (tertiary/aromatic N) is 1. The van der Waals surface area contributed by atoms with Gasteiger partial charge in [-0.05, 0) is 19.7 Å². The fourth-order valence-electron chi connectivity index (χ4n) is 2.38. The number of para-hydroxylation sites is 1. The highest BCUT2D eigenvalue weighted by atomic mass is 19.4. The van der Waals surface area contributed by atoms with Crippen molar-refractivity contribution in [2.24, 2.45) is 0 Å². The number of rotatable bonds is 6. The van der Waals surface area contributed by atoms with Gasteiger partial charge in [0.25, 0.3) is 0 Å². The SMILES string of the molecule is CCN(Cc1oc2ccccc2c1CNC)CC(F)(F)F. The van der Waals surface area contributed by atoms with Crippen molar-refractivity contribution in [1.82, 2.24) is 10.2 Å². The lowest BCUT2D eigenvalue weighted by molar-refractivity contribution is -0.147. The minimum Gasteiger partial charge on any atom is -0.459 e. The quantitative estimate of drug-likeness (QED) is 0.884. The standard InChI is InChI=1S/C15H19F3N2O/c1-3-20(10-15(16,17)18)9-14-12(8-19-2)11-6-4-5-7-13(11)21-14/h4-7,19H,3,8-10H2,1-2H3. The summed E-state index contributed by atoms with van der Waals surface area (Å²) in [6.45, 7) is 1.82. The number of halogens is 3. The molecule has 0 unspecified atom stereocenters. The first-order chi connectivity index (χ1) is 9.94. The lowest BCUT2D eigenvalue weighted by atomic mass is 10.1. The molecule has 0 saturated heterocycles. The third kappa shape index (κ3) is 3.98. The van der Waals surface area contributed by atoms with Crippen LogP contribution in [0.25, 0.3) is 11.0 Å². The first-order valence-corrected chi connectivity index (χ1v) is 6.87. The maximum atomic E-state index is 12.6. The fraction of sp³-hybridized carbons (Fsp3) is 0.467. The van der Waals surface area contributed by atoms with Crippen LogP contribution in [-0.4, -0.2) is 31.2 Å². The molecule has 2 rings (SSSR count). The summed E-state index contributed by atoms with van der Waals surface area (Å²) in [4.78, 5) is 1.33. The van der Waals surface area contributed by atoms with Gasteiger partial charge in [0, 0.05) is 17.5 Å². The lowest BCUT2D eigenvalue weighted by Crippen LogP contribution is -2.33. The predicted octanol–water partition coefficient (Wildman–Crippen LogP) is 3.54. The van der Waals surface area contributed by atoms with E-state index in [9.17, 15) is 13.2 Å². The van der Waals surface area contributed by atoms with Crippen LogP contribution in [0.15, 0.2) is 28.7 Å². The van der Waals surface area contributed by atoms with Crippen LogP contribution in [0, 0.1) is 0 Å². The number of furan rings is 1. The van der Waals surface area contributed by atoms with Crippen molar-refractivity contribution in [3.8, 4) is 0 Å². The van der Waals surface area contributed by atoms with Gasteiger partial charge < -0.3 is 9.73 Å². The van der Waals surface area contributed by atoms with E-state index in [4.69, 9.17) is 4.42 Å². The average Bonchev–Trinajstić information content (AvgIpc) is 2.75. The average molecular weight is 300 g/mol. The lowest BCUT2D eigenvalue weighted by Gasteiger charge is -2.21. The Bertz CT molecular complexity index is 592. The van der Waals surface area contributed by atoms with Gasteiger partial charge in [-0.15, -0.1) is 0 Å². The van der Waals surface area contributed by atoms with Gasteiger partial charge in [0.05, 0.1) is 13.1 Å². The molecule has 0 spiro atoms. The molecule has 0 atom stereocenters. The van der Waals surface area contributed by atoms with Crippen molar-refractivity contribution in [3.63, 3.8) is 0 Å². The van der Waals surface area contributed by atoms with Gasteiger partial charge in [-0.1, -0.05) is 25.1 Å². The van der Waals surface area contributed by atoms with Gasteiger partial charge >= 0.3 is 6.18 Å². The Hall–Kier alpha value is -1.53. The normalized spacial score (nSPS) is 12.5. The number of alkyl halides is 3. The van der Waals surface area contributed by atoms with Crippen molar-refractivity contribution < 1.29 is 17.6 Å². The maximum Gasteiger partial charge on any atom is 0.401 e. The molecule has 2 aromatic rings. The van der Waals surface area contributed by atoms with Gasteiger partial charge in [0.15, 0.2) is 0 Å². The first kappa shape index (κ1) is 15.9. The molecular weight excluding hydrogens is 281 g/mol. The fourth-order valence-corrected chi connectivity index (χ4v) is 2.38. The molecule has 0 radical (unpaired) electrons. The predicted molar refractivity (Wildman–Crippen MR) is 76.0 cm³/mol. The molecule has 0 bridgehead atoms. The molecule has 1 aromatic carbocycles. The number of hydrogen-bond donors (Lipinski definition) is 1. The zero-order chi connectivity index (χ0) is 15.5. The van der Waals surface area contributed by atoms with E-state index >= 15 is 0 Å². The van der Waals surface area contributed by atoms with E-state index in [2.05, 4.69) is 5.32 Å². The molecule has 0 amide bonds. The molecule has 1 aromatic heterocycles. The number of fused-ring (bicyclic) bond motifs is 1.